The highest BCUT2D eigenvalue weighted by atomic mass is 35.5. The number of hydrogen-bond donors (Lipinski definition) is 1. The van der Waals surface area contributed by atoms with E-state index in [-0.39, 0.29) is 37.7 Å². The molecule has 8 nitrogen and oxygen atoms in total. The summed E-state index contributed by atoms with van der Waals surface area (Å²) >= 11 is 6.24. The Balaban J connectivity index is 1.65. The lowest BCUT2D eigenvalue weighted by molar-refractivity contribution is -0.139. The van der Waals surface area contributed by atoms with Crippen molar-refractivity contribution in [2.75, 3.05) is 39.3 Å². The average molecular weight is 555 g/mol. The van der Waals surface area contributed by atoms with E-state index in [0.29, 0.717) is 47.1 Å². The summed E-state index contributed by atoms with van der Waals surface area (Å²) in [5.41, 5.74) is 1.80. The molecule has 206 valence electrons. The molecule has 0 saturated carbocycles. The van der Waals surface area contributed by atoms with Crippen LogP contribution < -0.4 is 5.32 Å². The van der Waals surface area contributed by atoms with Crippen LogP contribution in [0.3, 0.4) is 0 Å². The number of carbonyl (C=O) groups excluding carboxylic acids is 3. The summed E-state index contributed by atoms with van der Waals surface area (Å²) < 4.78 is 19.1. The summed E-state index contributed by atoms with van der Waals surface area (Å²) in [5.74, 6) is -1.23. The third kappa shape index (κ3) is 6.32. The number of carbonyl (C=O) groups is 3. The molecule has 2 aliphatic rings. The van der Waals surface area contributed by atoms with E-state index in [1.807, 2.05) is 6.92 Å². The summed E-state index contributed by atoms with van der Waals surface area (Å²) in [6.45, 7) is 9.47. The van der Waals surface area contributed by atoms with Gasteiger partial charge in [-0.3, -0.25) is 14.6 Å². The minimum atomic E-state index is -0.750. The van der Waals surface area contributed by atoms with E-state index in [0.717, 1.165) is 0 Å². The van der Waals surface area contributed by atoms with E-state index in [2.05, 4.69) is 16.8 Å². The molecule has 0 spiro atoms. The molecule has 3 amide bonds. The van der Waals surface area contributed by atoms with Crippen molar-refractivity contribution >= 4 is 29.5 Å². The van der Waals surface area contributed by atoms with Gasteiger partial charge in [0.1, 0.15) is 5.82 Å². The third-order valence-corrected chi connectivity index (χ3v) is 7.08. The molecule has 1 fully saturated rings. The second-order valence-corrected chi connectivity index (χ2v) is 9.95. The molecule has 4 rings (SSSR count). The zero-order valence-corrected chi connectivity index (χ0v) is 22.8. The van der Waals surface area contributed by atoms with Gasteiger partial charge in [-0.15, -0.1) is 6.58 Å². The Bertz CT molecular complexity index is 1300. The molecule has 0 radical (unpaired) electrons. The summed E-state index contributed by atoms with van der Waals surface area (Å²) in [4.78, 5) is 45.0. The van der Waals surface area contributed by atoms with Crippen molar-refractivity contribution in [1.82, 2.24) is 20.0 Å². The van der Waals surface area contributed by atoms with Gasteiger partial charge in [-0.2, -0.15) is 0 Å². The minimum Gasteiger partial charge on any atom is -0.463 e. The van der Waals surface area contributed by atoms with Crippen molar-refractivity contribution < 1.29 is 23.5 Å². The average Bonchev–Trinajstić information content (AvgIpc) is 2.90. The molecule has 2 atom stereocenters. The molecular weight excluding hydrogens is 523 g/mol. The number of halogens is 2. The van der Waals surface area contributed by atoms with Crippen LogP contribution in [0, 0.1) is 5.82 Å². The smallest absolute Gasteiger partial charge is 0.338 e. The molecule has 0 aromatic heterocycles. The van der Waals surface area contributed by atoms with Crippen LogP contribution in [-0.4, -0.2) is 78.0 Å². The van der Waals surface area contributed by atoms with Crippen LogP contribution in [0.2, 0.25) is 5.02 Å². The summed E-state index contributed by atoms with van der Waals surface area (Å²) in [7, 11) is 0. The Morgan fingerprint density at radius 1 is 1.21 bits per heavy atom. The normalized spacial score (nSPS) is 20.1. The number of amides is 3. The monoisotopic (exact) mass is 554 g/mol. The van der Waals surface area contributed by atoms with Gasteiger partial charge in [-0.1, -0.05) is 35.9 Å². The number of ether oxygens (including phenoxy) is 1. The highest BCUT2D eigenvalue weighted by Crippen LogP contribution is 2.33. The second kappa shape index (κ2) is 12.4. The maximum atomic E-state index is 13.7. The van der Waals surface area contributed by atoms with Gasteiger partial charge in [0.05, 0.1) is 18.2 Å². The lowest BCUT2D eigenvalue weighted by atomic mass is 9.94. The molecule has 1 N–H and O–H groups in total. The molecule has 0 aliphatic carbocycles. The zero-order valence-electron chi connectivity index (χ0n) is 22.0. The molecule has 2 heterocycles. The molecule has 2 aromatic carbocycles. The van der Waals surface area contributed by atoms with Crippen LogP contribution >= 0.6 is 11.6 Å². The zero-order chi connectivity index (χ0) is 28.1. The fraction of sp³-hybridized carbons (Fsp3) is 0.345. The predicted molar refractivity (Wildman–Crippen MR) is 147 cm³/mol. The fourth-order valence-corrected chi connectivity index (χ4v) is 5.26. The van der Waals surface area contributed by atoms with Crippen molar-refractivity contribution in [2.45, 2.75) is 25.9 Å². The number of rotatable bonds is 8. The SMILES string of the molecule is C=CCN1C(=O)N[C@H](c2cccc(Cl)c2)C(C(=O)OCC)=C1CN1CCN(C(=O)c2cccc(F)c2)[C@H](C)C1. The van der Waals surface area contributed by atoms with Crippen LogP contribution in [0.15, 0.2) is 72.5 Å². The topological polar surface area (TPSA) is 82.2 Å². The van der Waals surface area contributed by atoms with E-state index in [4.69, 9.17) is 16.3 Å². The van der Waals surface area contributed by atoms with Crippen LogP contribution in [0.1, 0.15) is 35.8 Å². The van der Waals surface area contributed by atoms with Gasteiger partial charge >= 0.3 is 12.0 Å². The molecule has 39 heavy (non-hydrogen) atoms. The molecule has 2 aromatic rings. The largest absolute Gasteiger partial charge is 0.463 e. The molecule has 1 saturated heterocycles. The number of esters is 1. The standard InChI is InChI=1S/C29H32ClFN4O4/c1-4-12-35-24(18-33-13-14-34(19(3)17-33)27(36)21-9-7-11-23(31)16-21)25(28(37)39-5-2)26(32-29(35)38)20-8-6-10-22(30)15-20/h4,6-11,15-16,19,26H,1,5,12-14,17-18H2,2-3H3,(H,32,38)/t19-,26-/m1/s1. The minimum absolute atomic E-state index is 0.172. The Morgan fingerprint density at radius 2 is 1.97 bits per heavy atom. The highest BCUT2D eigenvalue weighted by Gasteiger charge is 2.39. The number of urea groups is 1. The van der Waals surface area contributed by atoms with Crippen molar-refractivity contribution in [3.05, 3.63) is 94.4 Å². The van der Waals surface area contributed by atoms with E-state index < -0.39 is 17.8 Å². The number of hydrogen-bond acceptors (Lipinski definition) is 5. The number of nitrogens with one attached hydrogen (secondary N) is 1. The van der Waals surface area contributed by atoms with Crippen molar-refractivity contribution in [2.24, 2.45) is 0 Å². The summed E-state index contributed by atoms with van der Waals surface area (Å²) in [6.07, 6.45) is 1.60. The first-order chi connectivity index (χ1) is 18.7. The maximum absolute atomic E-state index is 13.7. The first-order valence-corrected chi connectivity index (χ1v) is 13.2. The van der Waals surface area contributed by atoms with Crippen LogP contribution in [0.5, 0.6) is 0 Å². The summed E-state index contributed by atoms with van der Waals surface area (Å²) in [5, 5.41) is 3.40. The number of benzene rings is 2. The van der Waals surface area contributed by atoms with E-state index in [9.17, 15) is 18.8 Å². The Kier molecular flexibility index (Phi) is 9.04. The van der Waals surface area contributed by atoms with Gasteiger partial charge in [0, 0.05) is 55.0 Å². The number of nitrogens with zero attached hydrogens (tertiary/aromatic N) is 3. The van der Waals surface area contributed by atoms with Crippen LogP contribution in [-0.2, 0) is 9.53 Å². The van der Waals surface area contributed by atoms with Gasteiger partial charge in [0.2, 0.25) is 0 Å². The first-order valence-electron chi connectivity index (χ1n) is 12.9. The van der Waals surface area contributed by atoms with Crippen LogP contribution in [0.25, 0.3) is 0 Å². The Labute approximate surface area is 232 Å². The van der Waals surface area contributed by atoms with Gasteiger partial charge in [0.15, 0.2) is 0 Å². The first kappa shape index (κ1) is 28.3. The van der Waals surface area contributed by atoms with Crippen molar-refractivity contribution in [3.63, 3.8) is 0 Å². The van der Waals surface area contributed by atoms with Gasteiger partial charge < -0.3 is 15.0 Å². The fourth-order valence-electron chi connectivity index (χ4n) is 5.06. The molecular formula is C29H32ClFN4O4. The quantitative estimate of drug-likeness (QED) is 0.386. The second-order valence-electron chi connectivity index (χ2n) is 9.51. The van der Waals surface area contributed by atoms with Gasteiger partial charge in [-0.25, -0.2) is 14.0 Å². The van der Waals surface area contributed by atoms with Crippen LogP contribution in [0.4, 0.5) is 9.18 Å². The lowest BCUT2D eigenvalue weighted by Crippen LogP contribution is -2.56. The van der Waals surface area contributed by atoms with Crippen molar-refractivity contribution in [1.29, 1.82) is 0 Å². The predicted octanol–water partition coefficient (Wildman–Crippen LogP) is 4.40. The van der Waals surface area contributed by atoms with Crippen molar-refractivity contribution in [3.8, 4) is 0 Å². The Morgan fingerprint density at radius 3 is 2.64 bits per heavy atom. The van der Waals surface area contributed by atoms with Gasteiger partial charge in [-0.05, 0) is 49.7 Å². The van der Waals surface area contributed by atoms with E-state index >= 15 is 0 Å². The number of piperazine rings is 1. The third-order valence-electron chi connectivity index (χ3n) is 6.84. The summed E-state index contributed by atoms with van der Waals surface area (Å²) in [6, 6.07) is 11.4. The van der Waals surface area contributed by atoms with E-state index in [1.165, 1.54) is 23.1 Å². The molecule has 0 bridgehead atoms. The molecule has 0 unspecified atom stereocenters. The van der Waals surface area contributed by atoms with E-state index in [1.54, 1.807) is 48.2 Å². The highest BCUT2D eigenvalue weighted by molar-refractivity contribution is 6.30. The molecule has 2 aliphatic heterocycles. The Hall–Kier alpha value is -3.69. The van der Waals surface area contributed by atoms with Gasteiger partial charge in [0.25, 0.3) is 5.91 Å². The lowest BCUT2D eigenvalue weighted by Gasteiger charge is -2.43. The molecule has 10 heteroatoms. The maximum Gasteiger partial charge on any atom is 0.338 e.